The van der Waals surface area contributed by atoms with Crippen LogP contribution in [-0.2, 0) is 12.7 Å². The van der Waals surface area contributed by atoms with Crippen LogP contribution in [0.5, 0.6) is 0 Å². The monoisotopic (exact) mass is 459 g/mol. The predicted octanol–water partition coefficient (Wildman–Crippen LogP) is 4.46. The highest BCUT2D eigenvalue weighted by Crippen LogP contribution is 2.31. The molecule has 0 spiro atoms. The number of hydrogen-bond acceptors (Lipinski definition) is 6. The molecule has 0 aliphatic heterocycles. The van der Waals surface area contributed by atoms with Crippen LogP contribution in [-0.4, -0.2) is 46.3 Å². The van der Waals surface area contributed by atoms with Gasteiger partial charge in [-0.1, -0.05) is 12.1 Å². The number of halogens is 3. The summed E-state index contributed by atoms with van der Waals surface area (Å²) < 4.78 is 38.5. The highest BCUT2D eigenvalue weighted by molar-refractivity contribution is 5.63. The average Bonchev–Trinajstić information content (AvgIpc) is 3.27. The molecular formula is C23H28F3N7. The highest BCUT2D eigenvalue weighted by Gasteiger charge is 2.30. The first kappa shape index (κ1) is 23.0. The van der Waals surface area contributed by atoms with E-state index in [2.05, 4.69) is 30.8 Å². The molecule has 1 saturated carbocycles. The van der Waals surface area contributed by atoms with Crippen LogP contribution in [0, 0.1) is 0 Å². The van der Waals surface area contributed by atoms with Gasteiger partial charge in [-0.3, -0.25) is 5.10 Å². The molecule has 0 amide bonds. The second kappa shape index (κ2) is 9.78. The lowest BCUT2D eigenvalue weighted by molar-refractivity contribution is -0.137. The molecule has 33 heavy (non-hydrogen) atoms. The van der Waals surface area contributed by atoms with Crippen LogP contribution in [0.4, 0.5) is 24.9 Å². The summed E-state index contributed by atoms with van der Waals surface area (Å²) in [7, 11) is 3.90. The molecule has 0 radical (unpaired) electrons. The molecule has 7 nitrogen and oxygen atoms in total. The van der Waals surface area contributed by atoms with E-state index in [-0.39, 0.29) is 0 Å². The summed E-state index contributed by atoms with van der Waals surface area (Å²) in [6.45, 7) is 0.601. The topological polar surface area (TPSA) is 81.8 Å². The van der Waals surface area contributed by atoms with Gasteiger partial charge in [0, 0.05) is 44.5 Å². The molecule has 176 valence electrons. The Morgan fingerprint density at radius 3 is 2.39 bits per heavy atom. The van der Waals surface area contributed by atoms with E-state index < -0.39 is 11.7 Å². The van der Waals surface area contributed by atoms with Gasteiger partial charge in [-0.15, -0.1) is 0 Å². The first-order valence-corrected chi connectivity index (χ1v) is 11.0. The largest absolute Gasteiger partial charge is 0.416 e. The number of aromatic nitrogens is 4. The molecule has 4 rings (SSSR count). The van der Waals surface area contributed by atoms with Crippen LogP contribution >= 0.6 is 0 Å². The van der Waals surface area contributed by atoms with E-state index in [1.54, 1.807) is 12.4 Å². The quantitative estimate of drug-likeness (QED) is 0.484. The lowest BCUT2D eigenvalue weighted by Crippen LogP contribution is -2.37. The van der Waals surface area contributed by atoms with E-state index in [9.17, 15) is 13.2 Å². The first-order valence-electron chi connectivity index (χ1n) is 11.0. The summed E-state index contributed by atoms with van der Waals surface area (Å²) in [4.78, 5) is 10.8. The molecule has 2 aromatic heterocycles. The predicted molar refractivity (Wildman–Crippen MR) is 122 cm³/mol. The number of alkyl halides is 3. The highest BCUT2D eigenvalue weighted by atomic mass is 19.4. The molecule has 0 unspecified atom stereocenters. The molecule has 1 aliphatic rings. The molecule has 2 heterocycles. The maximum absolute atomic E-state index is 12.8. The van der Waals surface area contributed by atoms with E-state index in [1.165, 1.54) is 12.1 Å². The normalized spacial score (nSPS) is 18.8. The molecule has 1 aliphatic carbocycles. The van der Waals surface area contributed by atoms with Gasteiger partial charge >= 0.3 is 6.18 Å². The third-order valence-corrected chi connectivity index (χ3v) is 5.96. The Morgan fingerprint density at radius 2 is 1.73 bits per heavy atom. The lowest BCUT2D eigenvalue weighted by Gasteiger charge is -2.30. The number of hydrogen-bond donors (Lipinski definition) is 3. The molecule has 10 heteroatoms. The maximum atomic E-state index is 12.8. The van der Waals surface area contributed by atoms with Gasteiger partial charge in [-0.05, 0) is 49.4 Å². The number of aromatic amines is 1. The minimum Gasteiger partial charge on any atom is -0.363 e. The van der Waals surface area contributed by atoms with Crippen molar-refractivity contribution < 1.29 is 13.2 Å². The van der Waals surface area contributed by atoms with Gasteiger partial charge in [-0.25, -0.2) is 4.98 Å². The Kier molecular flexibility index (Phi) is 6.83. The van der Waals surface area contributed by atoms with E-state index in [1.807, 2.05) is 25.1 Å². The number of rotatable bonds is 7. The van der Waals surface area contributed by atoms with Gasteiger partial charge in [0.15, 0.2) is 0 Å². The van der Waals surface area contributed by atoms with Crippen LogP contribution in [0.15, 0.2) is 42.7 Å². The molecule has 3 aromatic rings. The zero-order valence-corrected chi connectivity index (χ0v) is 18.7. The van der Waals surface area contributed by atoms with Crippen LogP contribution in [0.2, 0.25) is 0 Å². The molecule has 0 atom stereocenters. The van der Waals surface area contributed by atoms with Crippen molar-refractivity contribution in [1.82, 2.24) is 25.5 Å². The van der Waals surface area contributed by atoms with Crippen molar-refractivity contribution in [3.63, 3.8) is 0 Å². The van der Waals surface area contributed by atoms with Gasteiger partial charge < -0.3 is 15.5 Å². The second-order valence-corrected chi connectivity index (χ2v) is 8.55. The standard InChI is InChI=1S/C23H28F3N7/c1-33(2)20-11-12-27-22(31-20)30-19-9-7-18(8-10-19)28-13-16-14-29-32-21(16)15-3-5-17(6-4-15)23(24,25)26/h3-6,11-12,14,18-19,28H,7-10,13H2,1-2H3,(H,29,32)(H,27,30,31). The van der Waals surface area contributed by atoms with Gasteiger partial charge in [0.2, 0.25) is 5.95 Å². The molecule has 0 bridgehead atoms. The van der Waals surface area contributed by atoms with Crippen molar-refractivity contribution in [2.24, 2.45) is 0 Å². The first-order chi connectivity index (χ1) is 15.8. The van der Waals surface area contributed by atoms with Gasteiger partial charge in [0.25, 0.3) is 0 Å². The van der Waals surface area contributed by atoms with Crippen molar-refractivity contribution in [3.05, 3.63) is 53.9 Å². The average molecular weight is 460 g/mol. The molecule has 1 aromatic carbocycles. The fourth-order valence-electron chi connectivity index (χ4n) is 4.07. The molecule has 0 saturated heterocycles. The van der Waals surface area contributed by atoms with Crippen LogP contribution in [0.25, 0.3) is 11.3 Å². The molecular weight excluding hydrogens is 431 g/mol. The Labute approximate surface area is 190 Å². The van der Waals surface area contributed by atoms with Crippen LogP contribution in [0.3, 0.4) is 0 Å². The fraction of sp³-hybridized carbons (Fsp3) is 0.435. The van der Waals surface area contributed by atoms with Crippen molar-refractivity contribution in [2.75, 3.05) is 24.3 Å². The van der Waals surface area contributed by atoms with Crippen LogP contribution in [0.1, 0.15) is 36.8 Å². The fourth-order valence-corrected chi connectivity index (χ4v) is 4.07. The van der Waals surface area contributed by atoms with E-state index in [4.69, 9.17) is 0 Å². The Hall–Kier alpha value is -3.14. The molecule has 1 fully saturated rings. The van der Waals surface area contributed by atoms with Gasteiger partial charge in [-0.2, -0.15) is 23.3 Å². The lowest BCUT2D eigenvalue weighted by atomic mass is 9.91. The maximum Gasteiger partial charge on any atom is 0.416 e. The summed E-state index contributed by atoms with van der Waals surface area (Å²) in [5.74, 6) is 1.52. The van der Waals surface area contributed by atoms with Crippen molar-refractivity contribution >= 4 is 11.8 Å². The SMILES string of the molecule is CN(C)c1ccnc(NC2CCC(NCc3cn[nH]c3-c3ccc(C(F)(F)F)cc3)CC2)n1. The minimum atomic E-state index is -4.34. The van der Waals surface area contributed by atoms with Gasteiger partial charge in [0.05, 0.1) is 17.5 Å². The zero-order chi connectivity index (χ0) is 23.4. The third kappa shape index (κ3) is 5.81. The Morgan fingerprint density at radius 1 is 1.03 bits per heavy atom. The van der Waals surface area contributed by atoms with E-state index in [0.29, 0.717) is 30.1 Å². The number of nitrogens with zero attached hydrogens (tertiary/aromatic N) is 4. The summed E-state index contributed by atoms with van der Waals surface area (Å²) >= 11 is 0. The summed E-state index contributed by atoms with van der Waals surface area (Å²) in [5.41, 5.74) is 1.70. The number of benzene rings is 1. The van der Waals surface area contributed by atoms with E-state index >= 15 is 0 Å². The summed E-state index contributed by atoms with van der Waals surface area (Å²) in [6, 6.07) is 7.72. The number of nitrogens with one attached hydrogen (secondary N) is 3. The van der Waals surface area contributed by atoms with Crippen molar-refractivity contribution in [2.45, 2.75) is 50.5 Å². The van der Waals surface area contributed by atoms with Crippen molar-refractivity contribution in [1.29, 1.82) is 0 Å². The number of anilines is 2. The van der Waals surface area contributed by atoms with E-state index in [0.717, 1.165) is 54.9 Å². The molecule has 3 N–H and O–H groups in total. The Balaban J connectivity index is 1.29. The van der Waals surface area contributed by atoms with Crippen LogP contribution < -0.4 is 15.5 Å². The number of H-pyrrole nitrogens is 1. The smallest absolute Gasteiger partial charge is 0.363 e. The van der Waals surface area contributed by atoms with Gasteiger partial charge in [0.1, 0.15) is 5.82 Å². The third-order valence-electron chi connectivity index (χ3n) is 5.96. The Bertz CT molecular complexity index is 1040. The van der Waals surface area contributed by atoms with Crippen molar-refractivity contribution in [3.8, 4) is 11.3 Å². The summed E-state index contributed by atoms with van der Waals surface area (Å²) in [5, 5.41) is 14.0. The zero-order valence-electron chi connectivity index (χ0n) is 18.7. The summed E-state index contributed by atoms with van der Waals surface area (Å²) in [6.07, 6.45) is 3.18. The second-order valence-electron chi connectivity index (χ2n) is 8.55. The minimum absolute atomic E-state index is 0.331.